The van der Waals surface area contributed by atoms with Crippen LogP contribution >= 0.6 is 43.2 Å². The normalized spacial score (nSPS) is 10.0. The summed E-state index contributed by atoms with van der Waals surface area (Å²) in [5, 5.41) is 0. The molecule has 0 spiro atoms. The second-order valence-corrected chi connectivity index (χ2v) is 6.17. The molecule has 1 rings (SSSR count). The summed E-state index contributed by atoms with van der Waals surface area (Å²) in [4.78, 5) is 26.3. The molecule has 5 nitrogen and oxygen atoms in total. The number of hydrogen-bond donors (Lipinski definition) is 2. The molecule has 0 aliphatic carbocycles. The van der Waals surface area contributed by atoms with Gasteiger partial charge in [-0.1, -0.05) is 0 Å². The molecule has 15 heavy (non-hydrogen) atoms. The van der Waals surface area contributed by atoms with E-state index >= 15 is 0 Å². The number of carbonyl (C=O) groups is 2. The fourth-order valence-electron chi connectivity index (χ4n) is 0.723. The van der Waals surface area contributed by atoms with Crippen molar-refractivity contribution in [1.82, 2.24) is 5.48 Å². The number of nitrogens with two attached hydrogens (primary N) is 1. The average molecular weight is 358 g/mol. The highest BCUT2D eigenvalue weighted by Crippen LogP contribution is 2.31. The van der Waals surface area contributed by atoms with Gasteiger partial charge in [-0.15, -0.1) is 11.3 Å². The van der Waals surface area contributed by atoms with E-state index < -0.39 is 11.8 Å². The minimum Gasteiger partial charge on any atom is -0.368 e. The van der Waals surface area contributed by atoms with Gasteiger partial charge < -0.3 is 5.73 Å². The number of hydrogen-bond acceptors (Lipinski definition) is 4. The Morgan fingerprint density at radius 2 is 2.20 bits per heavy atom. The van der Waals surface area contributed by atoms with Crippen molar-refractivity contribution in [1.29, 1.82) is 0 Å². The van der Waals surface area contributed by atoms with E-state index in [4.69, 9.17) is 5.73 Å². The summed E-state index contributed by atoms with van der Waals surface area (Å²) in [6.07, 6.45) is 0. The van der Waals surface area contributed by atoms with E-state index in [1.807, 2.05) is 0 Å². The highest BCUT2D eigenvalue weighted by molar-refractivity contribution is 9.12. The second-order valence-electron chi connectivity index (χ2n) is 2.42. The Balaban J connectivity index is 2.54. The quantitative estimate of drug-likeness (QED) is 0.799. The maximum absolute atomic E-state index is 11.4. The Labute approximate surface area is 106 Å². The van der Waals surface area contributed by atoms with Crippen molar-refractivity contribution in [3.8, 4) is 0 Å². The molecule has 0 saturated heterocycles. The Morgan fingerprint density at radius 3 is 2.67 bits per heavy atom. The smallest absolute Gasteiger partial charge is 0.276 e. The van der Waals surface area contributed by atoms with Crippen LogP contribution in [0.3, 0.4) is 0 Å². The van der Waals surface area contributed by atoms with E-state index in [1.165, 1.54) is 11.3 Å². The maximum Gasteiger partial charge on any atom is 0.276 e. The zero-order chi connectivity index (χ0) is 11.4. The molecule has 0 saturated carbocycles. The van der Waals surface area contributed by atoms with Gasteiger partial charge in [-0.05, 0) is 37.9 Å². The van der Waals surface area contributed by atoms with Gasteiger partial charge in [-0.3, -0.25) is 14.4 Å². The van der Waals surface area contributed by atoms with Crippen LogP contribution in [0.25, 0.3) is 0 Å². The van der Waals surface area contributed by atoms with Crippen LogP contribution in [0.1, 0.15) is 10.4 Å². The summed E-state index contributed by atoms with van der Waals surface area (Å²) in [6, 6.07) is 1.64. The topological polar surface area (TPSA) is 81.4 Å². The summed E-state index contributed by atoms with van der Waals surface area (Å²) in [6.45, 7) is -0.353. The molecule has 0 aromatic carbocycles. The molecule has 3 N–H and O–H groups in total. The van der Waals surface area contributed by atoms with Gasteiger partial charge in [0.25, 0.3) is 5.91 Å². The third kappa shape index (κ3) is 3.90. The molecule has 0 atom stereocenters. The summed E-state index contributed by atoms with van der Waals surface area (Å²) in [7, 11) is 0. The number of primary amides is 1. The van der Waals surface area contributed by atoms with Gasteiger partial charge in [0.15, 0.2) is 6.61 Å². The van der Waals surface area contributed by atoms with Crippen LogP contribution in [0.15, 0.2) is 13.6 Å². The average Bonchev–Trinajstić information content (AvgIpc) is 2.44. The Hall–Kier alpha value is -0.440. The molecule has 0 fully saturated rings. The van der Waals surface area contributed by atoms with E-state index in [2.05, 4.69) is 42.2 Å². The second kappa shape index (κ2) is 5.59. The molecule has 8 heteroatoms. The van der Waals surface area contributed by atoms with Gasteiger partial charge in [-0.25, -0.2) is 5.48 Å². The zero-order valence-corrected chi connectivity index (χ0v) is 11.2. The first kappa shape index (κ1) is 12.6. The van der Waals surface area contributed by atoms with Crippen molar-refractivity contribution in [3.05, 3.63) is 19.2 Å². The molecule has 1 aromatic heterocycles. The van der Waals surface area contributed by atoms with Crippen LogP contribution in [-0.4, -0.2) is 18.4 Å². The molecule has 2 amide bonds. The monoisotopic (exact) mass is 356 g/mol. The molecule has 0 aliphatic rings. The summed E-state index contributed by atoms with van der Waals surface area (Å²) in [5.41, 5.74) is 7.35. The predicted octanol–water partition coefficient (Wildman–Crippen LogP) is 1.42. The van der Waals surface area contributed by atoms with Crippen LogP contribution in [0.4, 0.5) is 0 Å². The van der Waals surface area contributed by atoms with Crippen LogP contribution < -0.4 is 11.2 Å². The van der Waals surface area contributed by atoms with Crippen molar-refractivity contribution < 1.29 is 14.4 Å². The fraction of sp³-hybridized carbons (Fsp3) is 0.143. The van der Waals surface area contributed by atoms with Crippen molar-refractivity contribution in [2.75, 3.05) is 6.61 Å². The lowest BCUT2D eigenvalue weighted by molar-refractivity contribution is -0.124. The Kier molecular flexibility index (Phi) is 4.71. The molecular weight excluding hydrogens is 352 g/mol. The number of hydroxylamine groups is 1. The number of carbonyl (C=O) groups excluding carboxylic acids is 2. The number of halogens is 2. The van der Waals surface area contributed by atoms with Crippen molar-refractivity contribution in [2.45, 2.75) is 0 Å². The van der Waals surface area contributed by atoms with Crippen molar-refractivity contribution in [2.24, 2.45) is 5.73 Å². The predicted molar refractivity (Wildman–Crippen MR) is 62.3 cm³/mol. The standard InChI is InChI=1S/C7H6Br2N2O3S/c8-4-1-3(6(9)15-4)7(13)11-14-2-5(10)12/h1H,2H2,(H2,10,12)(H,11,13). The van der Waals surface area contributed by atoms with E-state index in [1.54, 1.807) is 6.07 Å². The molecule has 82 valence electrons. The van der Waals surface area contributed by atoms with Gasteiger partial charge in [0.1, 0.15) is 0 Å². The Bertz CT molecular complexity index is 394. The molecule has 1 heterocycles. The Morgan fingerprint density at radius 1 is 1.53 bits per heavy atom. The third-order valence-corrected chi connectivity index (χ3v) is 3.62. The molecule has 1 aromatic rings. The van der Waals surface area contributed by atoms with Crippen LogP contribution in [0.2, 0.25) is 0 Å². The first-order valence-corrected chi connectivity index (χ1v) is 6.06. The van der Waals surface area contributed by atoms with Crippen molar-refractivity contribution >= 4 is 55.0 Å². The molecule has 0 aliphatic heterocycles. The number of nitrogens with one attached hydrogen (secondary N) is 1. The maximum atomic E-state index is 11.4. The van der Waals surface area contributed by atoms with Crippen LogP contribution in [-0.2, 0) is 9.63 Å². The lowest BCUT2D eigenvalue weighted by atomic mass is 10.3. The summed E-state index contributed by atoms with van der Waals surface area (Å²) < 4.78 is 1.49. The lowest BCUT2D eigenvalue weighted by Crippen LogP contribution is -2.29. The van der Waals surface area contributed by atoms with Gasteiger partial charge in [0.05, 0.1) is 13.1 Å². The van der Waals surface area contributed by atoms with Gasteiger partial charge >= 0.3 is 0 Å². The van der Waals surface area contributed by atoms with Crippen LogP contribution in [0, 0.1) is 0 Å². The zero-order valence-electron chi connectivity index (χ0n) is 7.25. The van der Waals surface area contributed by atoms with Crippen LogP contribution in [0.5, 0.6) is 0 Å². The largest absolute Gasteiger partial charge is 0.368 e. The van der Waals surface area contributed by atoms with Gasteiger partial charge in [-0.2, -0.15) is 0 Å². The number of rotatable bonds is 4. The minimum absolute atomic E-state index is 0.353. The van der Waals surface area contributed by atoms with Gasteiger partial charge in [0.2, 0.25) is 5.91 Å². The fourth-order valence-corrected chi connectivity index (χ4v) is 3.52. The molecular formula is C7H6Br2N2O3S. The number of amides is 2. The highest BCUT2D eigenvalue weighted by Gasteiger charge is 2.13. The van der Waals surface area contributed by atoms with E-state index in [0.29, 0.717) is 9.35 Å². The molecule has 0 bridgehead atoms. The molecule has 0 radical (unpaired) electrons. The lowest BCUT2D eigenvalue weighted by Gasteiger charge is -2.02. The first-order valence-electron chi connectivity index (χ1n) is 3.66. The molecule has 0 unspecified atom stereocenters. The minimum atomic E-state index is -0.652. The summed E-state index contributed by atoms with van der Waals surface area (Å²) in [5.74, 6) is -1.09. The third-order valence-electron chi connectivity index (χ3n) is 1.28. The highest BCUT2D eigenvalue weighted by atomic mass is 79.9. The SMILES string of the molecule is NC(=O)CONC(=O)c1cc(Br)sc1Br. The first-order chi connectivity index (χ1) is 7.00. The number of thiophene rings is 1. The van der Waals surface area contributed by atoms with E-state index in [9.17, 15) is 9.59 Å². The van der Waals surface area contributed by atoms with E-state index in [-0.39, 0.29) is 6.61 Å². The van der Waals surface area contributed by atoms with E-state index in [0.717, 1.165) is 3.79 Å². The van der Waals surface area contributed by atoms with Gasteiger partial charge in [0, 0.05) is 0 Å². The summed E-state index contributed by atoms with van der Waals surface area (Å²) >= 11 is 7.82. The van der Waals surface area contributed by atoms with Crippen molar-refractivity contribution in [3.63, 3.8) is 0 Å².